The van der Waals surface area contributed by atoms with Crippen LogP contribution in [-0.2, 0) is 5.75 Å². The molecule has 0 amide bonds. The zero-order chi connectivity index (χ0) is 24.5. The normalized spacial score (nSPS) is 15.0. The van der Waals surface area contributed by atoms with Crippen LogP contribution in [-0.4, -0.2) is 20.5 Å². The van der Waals surface area contributed by atoms with Crippen LogP contribution in [0, 0.1) is 0 Å². The third kappa shape index (κ3) is 5.11. The molecule has 1 aliphatic rings. The zero-order valence-corrected chi connectivity index (χ0v) is 21.6. The van der Waals surface area contributed by atoms with E-state index in [0.29, 0.717) is 43.1 Å². The lowest BCUT2D eigenvalue weighted by molar-refractivity contribution is 0.102. The number of carbonyl (C=O) groups is 1. The number of nitrogens with one attached hydrogen (secondary N) is 1. The van der Waals surface area contributed by atoms with E-state index in [0.717, 1.165) is 16.8 Å². The number of hydrogen-bond acceptors (Lipinski definition) is 5. The number of fused-ring (bicyclic) bond motifs is 1. The van der Waals surface area contributed by atoms with Gasteiger partial charge in [-0.2, -0.15) is 4.98 Å². The molecule has 0 unspecified atom stereocenters. The van der Waals surface area contributed by atoms with Crippen molar-refractivity contribution in [2.24, 2.45) is 0 Å². The van der Waals surface area contributed by atoms with E-state index in [9.17, 15) is 4.79 Å². The number of anilines is 1. The number of ketones is 1. The molecule has 0 aliphatic carbocycles. The average molecular weight is 542 g/mol. The minimum atomic E-state index is -0.468. The first-order valence-electron chi connectivity index (χ1n) is 10.8. The van der Waals surface area contributed by atoms with Crippen LogP contribution in [0.4, 0.5) is 5.95 Å². The molecule has 4 aromatic rings. The number of benzene rings is 3. The van der Waals surface area contributed by atoms with Crippen molar-refractivity contribution >= 4 is 58.3 Å². The second kappa shape index (κ2) is 10.1. The molecular weight excluding hydrogens is 523 g/mol. The van der Waals surface area contributed by atoms with E-state index in [1.54, 1.807) is 28.9 Å². The van der Waals surface area contributed by atoms with Crippen LogP contribution in [0.5, 0.6) is 0 Å². The summed E-state index contributed by atoms with van der Waals surface area (Å²) in [5.41, 5.74) is 3.85. The first kappa shape index (κ1) is 23.9. The van der Waals surface area contributed by atoms with Crippen LogP contribution in [0.1, 0.15) is 34.5 Å². The Kier molecular flexibility index (Phi) is 6.89. The fraction of sp³-hybridized carbons (Fsp3) is 0.115. The van der Waals surface area contributed by atoms with Crippen LogP contribution < -0.4 is 5.32 Å². The monoisotopic (exact) mass is 540 g/mol. The third-order valence-electron chi connectivity index (χ3n) is 5.65. The van der Waals surface area contributed by atoms with E-state index in [-0.39, 0.29) is 5.78 Å². The summed E-state index contributed by atoms with van der Waals surface area (Å²) in [7, 11) is 0. The molecule has 5 rings (SSSR count). The highest BCUT2D eigenvalue weighted by atomic mass is 35.5. The van der Waals surface area contributed by atoms with Crippen molar-refractivity contribution in [1.29, 1.82) is 0 Å². The van der Waals surface area contributed by atoms with Crippen molar-refractivity contribution < 1.29 is 4.79 Å². The van der Waals surface area contributed by atoms with Gasteiger partial charge in [0.25, 0.3) is 0 Å². The summed E-state index contributed by atoms with van der Waals surface area (Å²) >= 11 is 19.7. The molecule has 1 aromatic heterocycles. The van der Waals surface area contributed by atoms with Gasteiger partial charge in [-0.05, 0) is 66.6 Å². The minimum absolute atomic E-state index is 0.108. The predicted octanol–water partition coefficient (Wildman–Crippen LogP) is 7.70. The number of nitrogens with zero attached hydrogens (tertiary/aromatic N) is 3. The van der Waals surface area contributed by atoms with Gasteiger partial charge in [0.05, 0.1) is 0 Å². The number of carbonyl (C=O) groups excluding carboxylic acids is 1. The third-order valence-corrected chi connectivity index (χ3v) is 7.32. The van der Waals surface area contributed by atoms with Gasteiger partial charge in [-0.3, -0.25) is 4.79 Å². The molecule has 0 saturated carbocycles. The first-order valence-corrected chi connectivity index (χ1v) is 12.9. The Morgan fingerprint density at radius 2 is 1.49 bits per heavy atom. The summed E-state index contributed by atoms with van der Waals surface area (Å²) in [5.74, 6) is 1.16. The molecule has 176 valence electrons. The molecule has 1 aliphatic heterocycles. The fourth-order valence-corrected chi connectivity index (χ4v) is 5.09. The van der Waals surface area contributed by atoms with Crippen LogP contribution in [0.15, 0.2) is 89.2 Å². The number of Topliss-reactive ketones (excluding diaryl/α,β-unsaturated/α-hetero) is 1. The summed E-state index contributed by atoms with van der Waals surface area (Å²) in [5, 5.41) is 10.5. The fourth-order valence-electron chi connectivity index (χ4n) is 3.93. The van der Waals surface area contributed by atoms with Gasteiger partial charge in [0, 0.05) is 37.7 Å². The number of aromatic nitrogens is 3. The summed E-state index contributed by atoms with van der Waals surface area (Å²) in [6, 6.07) is 21.5. The van der Waals surface area contributed by atoms with Crippen LogP contribution in [0.3, 0.4) is 0 Å². The van der Waals surface area contributed by atoms with Gasteiger partial charge in [-0.1, -0.05) is 70.8 Å². The lowest BCUT2D eigenvalue weighted by atomic mass is 9.90. The maximum atomic E-state index is 13.7. The van der Waals surface area contributed by atoms with Gasteiger partial charge in [0.1, 0.15) is 6.04 Å². The van der Waals surface area contributed by atoms with E-state index in [1.165, 1.54) is 11.8 Å². The van der Waals surface area contributed by atoms with Crippen molar-refractivity contribution in [1.82, 2.24) is 14.8 Å². The number of rotatable bonds is 6. The molecular formula is C26H19Cl3N4OS. The second-order valence-electron chi connectivity index (χ2n) is 8.03. The average Bonchev–Trinajstić information content (AvgIpc) is 3.26. The van der Waals surface area contributed by atoms with Crippen molar-refractivity contribution in [3.8, 4) is 0 Å². The molecule has 0 fully saturated rings. The summed E-state index contributed by atoms with van der Waals surface area (Å²) < 4.78 is 1.77. The molecule has 3 aromatic carbocycles. The van der Waals surface area contributed by atoms with Gasteiger partial charge in [0.15, 0.2) is 5.78 Å². The van der Waals surface area contributed by atoms with Crippen molar-refractivity contribution in [2.45, 2.75) is 23.9 Å². The largest absolute Gasteiger partial charge is 0.328 e. The zero-order valence-electron chi connectivity index (χ0n) is 18.5. The SMILES string of the molecule is CC1=C(C(=O)c2ccc(Cl)cc2)[C@@H](c2ccc(Cl)cc2)n2nc(SCc3ccc(Cl)cc3)nc2N1. The minimum Gasteiger partial charge on any atom is -0.328 e. The van der Waals surface area contributed by atoms with Crippen LogP contribution in [0.2, 0.25) is 15.1 Å². The highest BCUT2D eigenvalue weighted by Crippen LogP contribution is 2.38. The first-order chi connectivity index (χ1) is 16.9. The highest BCUT2D eigenvalue weighted by Gasteiger charge is 2.34. The summed E-state index contributed by atoms with van der Waals surface area (Å²) in [6.07, 6.45) is 0. The van der Waals surface area contributed by atoms with Crippen LogP contribution >= 0.6 is 46.6 Å². The van der Waals surface area contributed by atoms with E-state index >= 15 is 0 Å². The molecule has 1 atom stereocenters. The maximum Gasteiger partial charge on any atom is 0.227 e. The molecule has 1 N–H and O–H groups in total. The van der Waals surface area contributed by atoms with Crippen molar-refractivity contribution in [2.75, 3.05) is 5.32 Å². The molecule has 9 heteroatoms. The molecule has 2 heterocycles. The number of halogens is 3. The van der Waals surface area contributed by atoms with Crippen molar-refractivity contribution in [3.63, 3.8) is 0 Å². The van der Waals surface area contributed by atoms with E-state index in [2.05, 4.69) is 5.32 Å². The molecule has 5 nitrogen and oxygen atoms in total. The number of allylic oxidation sites excluding steroid dienone is 2. The number of hydrogen-bond donors (Lipinski definition) is 1. The lowest BCUT2D eigenvalue weighted by Gasteiger charge is -2.28. The Hall–Kier alpha value is -2.77. The summed E-state index contributed by atoms with van der Waals surface area (Å²) in [4.78, 5) is 18.4. The topological polar surface area (TPSA) is 59.8 Å². The Morgan fingerprint density at radius 1 is 0.914 bits per heavy atom. The Labute approximate surface area is 222 Å². The predicted molar refractivity (Wildman–Crippen MR) is 143 cm³/mol. The van der Waals surface area contributed by atoms with Gasteiger partial charge < -0.3 is 5.32 Å². The van der Waals surface area contributed by atoms with Crippen molar-refractivity contribution in [3.05, 3.63) is 116 Å². The van der Waals surface area contributed by atoms with E-state index < -0.39 is 6.04 Å². The molecule has 0 spiro atoms. The standard InChI is InChI=1S/C26H19Cl3N4OS/c1-15-22(24(34)18-6-12-21(29)13-7-18)23(17-4-10-20(28)11-5-17)33-25(30-15)31-26(32-33)35-14-16-2-8-19(27)9-3-16/h2-13,23H,14H2,1H3,(H,30,31,32)/t23-/m1/s1. The smallest absolute Gasteiger partial charge is 0.227 e. The summed E-state index contributed by atoms with van der Waals surface area (Å²) in [6.45, 7) is 1.88. The Bertz CT molecular complexity index is 1410. The molecule has 0 bridgehead atoms. The second-order valence-corrected chi connectivity index (χ2v) is 10.3. The Balaban J connectivity index is 1.52. The quantitative estimate of drug-likeness (QED) is 0.200. The van der Waals surface area contributed by atoms with Gasteiger partial charge in [-0.25, -0.2) is 4.68 Å². The number of thioether (sulfide) groups is 1. The van der Waals surface area contributed by atoms with Gasteiger partial charge in [0.2, 0.25) is 11.1 Å². The molecule has 0 radical (unpaired) electrons. The Morgan fingerprint density at radius 3 is 2.11 bits per heavy atom. The highest BCUT2D eigenvalue weighted by molar-refractivity contribution is 7.98. The lowest BCUT2D eigenvalue weighted by Crippen LogP contribution is -2.28. The molecule has 35 heavy (non-hydrogen) atoms. The molecule has 0 saturated heterocycles. The van der Waals surface area contributed by atoms with E-state index in [4.69, 9.17) is 44.9 Å². The van der Waals surface area contributed by atoms with Gasteiger partial charge >= 0.3 is 0 Å². The maximum absolute atomic E-state index is 13.7. The van der Waals surface area contributed by atoms with Crippen LogP contribution in [0.25, 0.3) is 0 Å². The van der Waals surface area contributed by atoms with Gasteiger partial charge in [-0.15, -0.1) is 5.10 Å². The van der Waals surface area contributed by atoms with E-state index in [1.807, 2.05) is 55.5 Å².